The van der Waals surface area contributed by atoms with E-state index in [2.05, 4.69) is 10.2 Å². The van der Waals surface area contributed by atoms with Crippen LogP contribution in [0, 0.1) is 5.92 Å². The summed E-state index contributed by atoms with van der Waals surface area (Å²) in [4.78, 5) is 14.7. The maximum atomic E-state index is 12.5. The molecule has 3 aliphatic rings. The van der Waals surface area contributed by atoms with Gasteiger partial charge in [-0.15, -0.1) is 12.4 Å². The number of halogens is 1. The van der Waals surface area contributed by atoms with Crippen LogP contribution in [0.25, 0.3) is 0 Å². The summed E-state index contributed by atoms with van der Waals surface area (Å²) in [5.74, 6) is 1.12. The topological polar surface area (TPSA) is 41.6 Å². The average molecular weight is 317 g/mol. The van der Waals surface area contributed by atoms with Crippen molar-refractivity contribution in [1.82, 2.24) is 10.2 Å². The summed E-state index contributed by atoms with van der Waals surface area (Å²) in [5.41, 5.74) is 0. The van der Waals surface area contributed by atoms with Gasteiger partial charge in [0, 0.05) is 19.2 Å². The number of amides is 1. The van der Waals surface area contributed by atoms with Gasteiger partial charge in [-0.1, -0.05) is 12.8 Å². The number of hydrogen-bond acceptors (Lipinski definition) is 3. The molecule has 2 aliphatic carbocycles. The second kappa shape index (κ2) is 8.35. The summed E-state index contributed by atoms with van der Waals surface area (Å²) in [6.07, 6.45) is 10.1. The minimum absolute atomic E-state index is 0. The normalized spacial score (nSPS) is 25.8. The third kappa shape index (κ3) is 5.11. The van der Waals surface area contributed by atoms with Crippen LogP contribution in [0.3, 0.4) is 0 Å². The molecule has 2 saturated carbocycles. The highest BCUT2D eigenvalue weighted by Crippen LogP contribution is 2.28. The minimum atomic E-state index is 0. The number of carbonyl (C=O) groups is 1. The molecule has 0 spiro atoms. The molecule has 1 atom stereocenters. The average Bonchev–Trinajstić information content (AvgIpc) is 2.95. The van der Waals surface area contributed by atoms with E-state index >= 15 is 0 Å². The standard InChI is InChI=1S/C16H28N2O2.ClH/c19-16(11-17-10-13-7-8-13)18(14-4-1-2-5-14)12-15-6-3-9-20-15;/h13-15,17H,1-12H2;1H. The molecule has 3 rings (SSSR count). The van der Waals surface area contributed by atoms with Crippen molar-refractivity contribution in [3.8, 4) is 0 Å². The second-order valence-electron chi connectivity index (χ2n) is 6.69. The second-order valence-corrected chi connectivity index (χ2v) is 6.69. The summed E-state index contributed by atoms with van der Waals surface area (Å²) in [5, 5.41) is 3.34. The van der Waals surface area contributed by atoms with Gasteiger partial charge in [-0.3, -0.25) is 4.79 Å². The summed E-state index contributed by atoms with van der Waals surface area (Å²) in [7, 11) is 0. The Bertz CT molecular complexity index is 324. The summed E-state index contributed by atoms with van der Waals surface area (Å²) >= 11 is 0. The first kappa shape index (κ1) is 17.0. The highest BCUT2D eigenvalue weighted by molar-refractivity contribution is 5.85. The molecular weight excluding hydrogens is 288 g/mol. The Kier molecular flexibility index (Phi) is 6.77. The van der Waals surface area contributed by atoms with Crippen LogP contribution in [0.1, 0.15) is 51.4 Å². The number of hydrogen-bond donors (Lipinski definition) is 1. The lowest BCUT2D eigenvalue weighted by Gasteiger charge is -2.31. The van der Waals surface area contributed by atoms with Crippen LogP contribution in [0.4, 0.5) is 0 Å². The highest BCUT2D eigenvalue weighted by atomic mass is 35.5. The van der Waals surface area contributed by atoms with Crippen molar-refractivity contribution in [1.29, 1.82) is 0 Å². The van der Waals surface area contributed by atoms with Crippen LogP contribution in [-0.4, -0.2) is 49.2 Å². The molecule has 4 nitrogen and oxygen atoms in total. The largest absolute Gasteiger partial charge is 0.376 e. The van der Waals surface area contributed by atoms with Crippen LogP contribution in [0.15, 0.2) is 0 Å². The lowest BCUT2D eigenvalue weighted by atomic mass is 10.1. The van der Waals surface area contributed by atoms with Gasteiger partial charge in [0.25, 0.3) is 0 Å². The SMILES string of the molecule is Cl.O=C(CNCC1CC1)N(CC1CCCO1)C1CCCC1. The van der Waals surface area contributed by atoms with Gasteiger partial charge in [-0.05, 0) is 51.0 Å². The first-order chi connectivity index (χ1) is 9.83. The van der Waals surface area contributed by atoms with E-state index in [-0.39, 0.29) is 24.4 Å². The number of ether oxygens (including phenoxy) is 1. The van der Waals surface area contributed by atoms with Gasteiger partial charge in [0.2, 0.25) is 5.91 Å². The molecule has 0 bridgehead atoms. The fourth-order valence-electron chi connectivity index (χ4n) is 3.48. The van der Waals surface area contributed by atoms with Crippen LogP contribution < -0.4 is 5.32 Å². The van der Waals surface area contributed by atoms with Gasteiger partial charge in [0.1, 0.15) is 0 Å². The number of rotatable bonds is 7. The lowest BCUT2D eigenvalue weighted by Crippen LogP contribution is -2.47. The van der Waals surface area contributed by atoms with Crippen molar-refractivity contribution in [2.45, 2.75) is 63.5 Å². The van der Waals surface area contributed by atoms with Crippen molar-refractivity contribution >= 4 is 18.3 Å². The Morgan fingerprint density at radius 3 is 2.48 bits per heavy atom. The summed E-state index contributed by atoms with van der Waals surface area (Å²) in [6, 6.07) is 0.467. The smallest absolute Gasteiger partial charge is 0.236 e. The van der Waals surface area contributed by atoms with E-state index in [1.54, 1.807) is 0 Å². The molecule has 0 aromatic carbocycles. The molecule has 5 heteroatoms. The molecular formula is C16H29ClN2O2. The van der Waals surface area contributed by atoms with Gasteiger partial charge in [0.05, 0.1) is 12.6 Å². The molecule has 122 valence electrons. The summed E-state index contributed by atoms with van der Waals surface area (Å²) < 4.78 is 5.73. The van der Waals surface area contributed by atoms with E-state index < -0.39 is 0 Å². The zero-order chi connectivity index (χ0) is 13.8. The third-order valence-electron chi connectivity index (χ3n) is 4.92. The monoisotopic (exact) mass is 316 g/mol. The van der Waals surface area contributed by atoms with Gasteiger partial charge >= 0.3 is 0 Å². The fourth-order valence-corrected chi connectivity index (χ4v) is 3.48. The molecule has 1 aliphatic heterocycles. The Morgan fingerprint density at radius 2 is 1.86 bits per heavy atom. The van der Waals surface area contributed by atoms with Crippen LogP contribution in [-0.2, 0) is 9.53 Å². The van der Waals surface area contributed by atoms with Crippen LogP contribution in [0.5, 0.6) is 0 Å². The Labute approximate surface area is 134 Å². The molecule has 1 heterocycles. The first-order valence-corrected chi connectivity index (χ1v) is 8.44. The first-order valence-electron chi connectivity index (χ1n) is 8.44. The molecule has 1 amide bonds. The van der Waals surface area contributed by atoms with Crippen molar-refractivity contribution < 1.29 is 9.53 Å². The molecule has 0 aromatic heterocycles. The third-order valence-corrected chi connectivity index (χ3v) is 4.92. The molecule has 1 N–H and O–H groups in total. The molecule has 0 radical (unpaired) electrons. The van der Waals surface area contributed by atoms with Gasteiger partial charge < -0.3 is 15.0 Å². The Morgan fingerprint density at radius 1 is 1.10 bits per heavy atom. The molecule has 3 fully saturated rings. The van der Waals surface area contributed by atoms with Crippen molar-refractivity contribution in [2.75, 3.05) is 26.2 Å². The fraction of sp³-hybridized carbons (Fsp3) is 0.938. The molecule has 0 aromatic rings. The predicted molar refractivity (Wildman–Crippen MR) is 85.8 cm³/mol. The van der Waals surface area contributed by atoms with Crippen molar-refractivity contribution in [2.24, 2.45) is 5.92 Å². The Hall–Kier alpha value is -0.320. The highest BCUT2D eigenvalue weighted by Gasteiger charge is 2.30. The van der Waals surface area contributed by atoms with Gasteiger partial charge in [-0.25, -0.2) is 0 Å². The van der Waals surface area contributed by atoms with Gasteiger partial charge in [0.15, 0.2) is 0 Å². The van der Waals surface area contributed by atoms with E-state index in [9.17, 15) is 4.79 Å². The molecule has 21 heavy (non-hydrogen) atoms. The van der Waals surface area contributed by atoms with E-state index in [0.717, 1.165) is 38.5 Å². The number of nitrogens with one attached hydrogen (secondary N) is 1. The molecule has 1 unspecified atom stereocenters. The van der Waals surface area contributed by atoms with Crippen molar-refractivity contribution in [3.63, 3.8) is 0 Å². The maximum Gasteiger partial charge on any atom is 0.236 e. The van der Waals surface area contributed by atoms with E-state index in [1.165, 1.54) is 38.5 Å². The number of nitrogens with zero attached hydrogens (tertiary/aromatic N) is 1. The zero-order valence-electron chi connectivity index (χ0n) is 12.9. The van der Waals surface area contributed by atoms with Crippen LogP contribution >= 0.6 is 12.4 Å². The van der Waals surface area contributed by atoms with Crippen LogP contribution in [0.2, 0.25) is 0 Å². The van der Waals surface area contributed by atoms with E-state index in [0.29, 0.717) is 12.6 Å². The quantitative estimate of drug-likeness (QED) is 0.784. The van der Waals surface area contributed by atoms with E-state index in [4.69, 9.17) is 4.74 Å². The van der Waals surface area contributed by atoms with Gasteiger partial charge in [-0.2, -0.15) is 0 Å². The maximum absolute atomic E-state index is 12.5. The predicted octanol–water partition coefficient (Wildman–Crippen LogP) is 2.36. The summed E-state index contributed by atoms with van der Waals surface area (Å²) in [6.45, 7) is 3.22. The van der Waals surface area contributed by atoms with Crippen molar-refractivity contribution in [3.05, 3.63) is 0 Å². The van der Waals surface area contributed by atoms with E-state index in [1.807, 2.05) is 0 Å². The minimum Gasteiger partial charge on any atom is -0.376 e. The molecule has 1 saturated heterocycles. The number of carbonyl (C=O) groups excluding carboxylic acids is 1. The zero-order valence-corrected chi connectivity index (χ0v) is 13.7. The Balaban J connectivity index is 0.00000161. The lowest BCUT2D eigenvalue weighted by molar-refractivity contribution is -0.134.